The summed E-state index contributed by atoms with van der Waals surface area (Å²) < 4.78 is 5.82. The van der Waals surface area contributed by atoms with E-state index in [2.05, 4.69) is 34.0 Å². The highest BCUT2D eigenvalue weighted by molar-refractivity contribution is 7.99. The summed E-state index contributed by atoms with van der Waals surface area (Å²) in [4.78, 5) is 21.9. The van der Waals surface area contributed by atoms with Crippen molar-refractivity contribution in [1.29, 1.82) is 0 Å². The number of fused-ring (bicyclic) bond motifs is 1. The molecule has 0 aliphatic heterocycles. The maximum absolute atomic E-state index is 12.5. The van der Waals surface area contributed by atoms with E-state index in [1.165, 1.54) is 22.9 Å². The van der Waals surface area contributed by atoms with E-state index in [9.17, 15) is 4.79 Å². The third kappa shape index (κ3) is 3.38. The Kier molecular flexibility index (Phi) is 4.84. The molecule has 1 N–H and O–H groups in total. The van der Waals surface area contributed by atoms with Gasteiger partial charge in [-0.05, 0) is 63.4 Å². The zero-order chi connectivity index (χ0) is 20.0. The number of aryl methyl sites for hydroxylation is 4. The number of thiophene rings is 1. The lowest BCUT2D eigenvalue weighted by Crippen LogP contribution is -2.12. The molecular formula is C20H20N4O2S2. The van der Waals surface area contributed by atoms with Gasteiger partial charge in [-0.2, -0.15) is 0 Å². The highest BCUT2D eigenvalue weighted by Gasteiger charge is 2.19. The standard InChI is InChI=1S/C20H20N4O2S2/c1-9-6-7-14(8-10(9)2)18-23-24-20(26-18)28-13(5)16-21-17(25)15-11(3)12(4)27-19(15)22-16/h6-8,13H,1-5H3,(H,21,22,25)/t13-/m0/s1. The normalized spacial score (nSPS) is 12.6. The fourth-order valence-electron chi connectivity index (χ4n) is 2.92. The van der Waals surface area contributed by atoms with Crippen molar-refractivity contribution in [2.24, 2.45) is 0 Å². The third-order valence-electron chi connectivity index (χ3n) is 4.88. The van der Waals surface area contributed by atoms with Crippen LogP contribution in [-0.2, 0) is 0 Å². The molecule has 0 radical (unpaired) electrons. The third-order valence-corrected chi connectivity index (χ3v) is 6.92. The van der Waals surface area contributed by atoms with E-state index in [0.717, 1.165) is 20.8 Å². The molecule has 0 aliphatic rings. The van der Waals surface area contributed by atoms with Gasteiger partial charge in [-0.25, -0.2) is 4.98 Å². The van der Waals surface area contributed by atoms with Crippen molar-refractivity contribution < 1.29 is 4.42 Å². The molecule has 4 rings (SSSR count). The summed E-state index contributed by atoms with van der Waals surface area (Å²) in [7, 11) is 0. The van der Waals surface area contributed by atoms with Crippen LogP contribution >= 0.6 is 23.1 Å². The van der Waals surface area contributed by atoms with Crippen molar-refractivity contribution in [3.8, 4) is 11.5 Å². The highest BCUT2D eigenvalue weighted by Crippen LogP contribution is 2.35. The minimum absolute atomic E-state index is 0.101. The van der Waals surface area contributed by atoms with Crippen LogP contribution in [0.2, 0.25) is 0 Å². The quantitative estimate of drug-likeness (QED) is 0.468. The van der Waals surface area contributed by atoms with Crippen LogP contribution < -0.4 is 5.56 Å². The van der Waals surface area contributed by atoms with Crippen molar-refractivity contribution in [2.45, 2.75) is 45.1 Å². The Morgan fingerprint density at radius 1 is 1.14 bits per heavy atom. The number of hydrogen-bond donors (Lipinski definition) is 1. The molecule has 4 aromatic rings. The predicted octanol–water partition coefficient (Wildman–Crippen LogP) is 5.12. The molecule has 0 bridgehead atoms. The minimum atomic E-state index is -0.132. The summed E-state index contributed by atoms with van der Waals surface area (Å²) in [6.45, 7) is 10.0. The second-order valence-corrected chi connectivity index (χ2v) is 9.34. The average Bonchev–Trinajstić information content (AvgIpc) is 3.22. The van der Waals surface area contributed by atoms with Gasteiger partial charge in [-0.3, -0.25) is 4.79 Å². The number of benzene rings is 1. The molecule has 8 heteroatoms. The Hall–Kier alpha value is -2.45. The lowest BCUT2D eigenvalue weighted by atomic mass is 10.1. The molecule has 0 saturated heterocycles. The molecule has 0 aliphatic carbocycles. The summed E-state index contributed by atoms with van der Waals surface area (Å²) in [6, 6.07) is 6.05. The Morgan fingerprint density at radius 2 is 1.93 bits per heavy atom. The number of aromatic nitrogens is 4. The van der Waals surface area contributed by atoms with Crippen LogP contribution in [0.5, 0.6) is 0 Å². The number of hydrogen-bond acceptors (Lipinski definition) is 7. The monoisotopic (exact) mass is 412 g/mol. The lowest BCUT2D eigenvalue weighted by Gasteiger charge is -2.07. The summed E-state index contributed by atoms with van der Waals surface area (Å²) in [6.07, 6.45) is 0. The van der Waals surface area contributed by atoms with Crippen LogP contribution in [0.25, 0.3) is 21.7 Å². The molecule has 0 saturated carbocycles. The Labute approximate surface area is 170 Å². The second-order valence-electron chi connectivity index (χ2n) is 6.85. The average molecular weight is 413 g/mol. The molecule has 1 aromatic carbocycles. The topological polar surface area (TPSA) is 84.7 Å². The number of H-pyrrole nitrogens is 1. The van der Waals surface area contributed by atoms with Gasteiger partial charge in [0.25, 0.3) is 10.8 Å². The minimum Gasteiger partial charge on any atom is -0.411 e. The van der Waals surface area contributed by atoms with Gasteiger partial charge in [0.2, 0.25) is 5.89 Å². The Bertz CT molecular complexity index is 1240. The lowest BCUT2D eigenvalue weighted by molar-refractivity contribution is 0.465. The molecular weight excluding hydrogens is 392 g/mol. The SMILES string of the molecule is Cc1ccc(-c2nnc(S[C@@H](C)c3nc4sc(C)c(C)c4c(=O)[nH]3)o2)cc1C. The molecule has 0 fully saturated rings. The van der Waals surface area contributed by atoms with Crippen molar-refractivity contribution in [2.75, 3.05) is 0 Å². The van der Waals surface area contributed by atoms with E-state index in [1.54, 1.807) is 11.3 Å². The molecule has 3 heterocycles. The molecule has 0 unspecified atom stereocenters. The van der Waals surface area contributed by atoms with E-state index >= 15 is 0 Å². The first-order chi connectivity index (χ1) is 13.3. The summed E-state index contributed by atoms with van der Waals surface area (Å²) in [5, 5.41) is 9.29. The summed E-state index contributed by atoms with van der Waals surface area (Å²) >= 11 is 2.92. The van der Waals surface area contributed by atoms with Crippen LogP contribution in [0.15, 0.2) is 32.6 Å². The van der Waals surface area contributed by atoms with E-state index in [1.807, 2.05) is 39.0 Å². The van der Waals surface area contributed by atoms with Gasteiger partial charge in [0, 0.05) is 10.4 Å². The zero-order valence-electron chi connectivity index (χ0n) is 16.3. The van der Waals surface area contributed by atoms with Gasteiger partial charge in [0.15, 0.2) is 0 Å². The zero-order valence-corrected chi connectivity index (χ0v) is 17.9. The summed E-state index contributed by atoms with van der Waals surface area (Å²) in [5.41, 5.74) is 4.18. The first-order valence-corrected chi connectivity index (χ1v) is 10.6. The number of nitrogens with one attached hydrogen (secondary N) is 1. The predicted molar refractivity (Wildman–Crippen MR) is 113 cm³/mol. The van der Waals surface area contributed by atoms with Gasteiger partial charge < -0.3 is 9.40 Å². The number of aromatic amines is 1. The van der Waals surface area contributed by atoms with Gasteiger partial charge in [-0.1, -0.05) is 17.8 Å². The van der Waals surface area contributed by atoms with Crippen LogP contribution in [0.4, 0.5) is 0 Å². The first-order valence-electron chi connectivity index (χ1n) is 8.91. The van der Waals surface area contributed by atoms with E-state index in [-0.39, 0.29) is 10.8 Å². The molecule has 0 spiro atoms. The first kappa shape index (κ1) is 18.9. The Balaban J connectivity index is 1.60. The number of rotatable bonds is 4. The molecule has 28 heavy (non-hydrogen) atoms. The van der Waals surface area contributed by atoms with Gasteiger partial charge >= 0.3 is 0 Å². The molecule has 144 valence electrons. The fraction of sp³-hybridized carbons (Fsp3) is 0.300. The van der Waals surface area contributed by atoms with Crippen molar-refractivity contribution in [3.05, 3.63) is 55.9 Å². The van der Waals surface area contributed by atoms with Crippen molar-refractivity contribution in [3.63, 3.8) is 0 Å². The van der Waals surface area contributed by atoms with Gasteiger partial charge in [0.05, 0.1) is 10.6 Å². The number of thioether (sulfide) groups is 1. The van der Waals surface area contributed by atoms with Gasteiger partial charge in [-0.15, -0.1) is 21.5 Å². The maximum atomic E-state index is 12.5. The van der Waals surface area contributed by atoms with Crippen LogP contribution in [-0.4, -0.2) is 20.2 Å². The number of nitrogens with zero attached hydrogens (tertiary/aromatic N) is 3. The largest absolute Gasteiger partial charge is 0.411 e. The van der Waals surface area contributed by atoms with E-state index in [0.29, 0.717) is 22.3 Å². The smallest absolute Gasteiger partial charge is 0.277 e. The van der Waals surface area contributed by atoms with Crippen molar-refractivity contribution >= 4 is 33.3 Å². The van der Waals surface area contributed by atoms with Gasteiger partial charge in [0.1, 0.15) is 10.7 Å². The van der Waals surface area contributed by atoms with E-state index in [4.69, 9.17) is 4.42 Å². The van der Waals surface area contributed by atoms with E-state index < -0.39 is 0 Å². The van der Waals surface area contributed by atoms with Crippen LogP contribution in [0, 0.1) is 27.7 Å². The van der Waals surface area contributed by atoms with Crippen molar-refractivity contribution in [1.82, 2.24) is 20.2 Å². The second kappa shape index (κ2) is 7.18. The van der Waals surface area contributed by atoms with Crippen LogP contribution in [0.1, 0.15) is 39.6 Å². The molecule has 0 amide bonds. The summed E-state index contributed by atoms with van der Waals surface area (Å²) in [5.74, 6) is 1.09. The Morgan fingerprint density at radius 3 is 2.68 bits per heavy atom. The maximum Gasteiger partial charge on any atom is 0.277 e. The van der Waals surface area contributed by atoms with Crippen LogP contribution in [0.3, 0.4) is 0 Å². The fourth-order valence-corrected chi connectivity index (χ4v) is 4.70. The molecule has 1 atom stereocenters. The molecule has 3 aromatic heterocycles. The highest BCUT2D eigenvalue weighted by atomic mass is 32.2. The molecule has 6 nitrogen and oxygen atoms in total.